The summed E-state index contributed by atoms with van der Waals surface area (Å²) >= 11 is 5.15. The zero-order valence-electron chi connectivity index (χ0n) is 9.65. The second kappa shape index (κ2) is 7.01. The van der Waals surface area contributed by atoms with Crippen LogP contribution in [-0.4, -0.2) is 23.6 Å². The number of hydrogen-bond acceptors (Lipinski definition) is 1. The molecule has 0 aliphatic rings. The van der Waals surface area contributed by atoms with Crippen molar-refractivity contribution in [3.63, 3.8) is 0 Å². The average molecular weight is 234 g/mol. The van der Waals surface area contributed by atoms with Gasteiger partial charge in [-0.25, -0.2) is 0 Å². The Hall–Kier alpha value is -1.35. The van der Waals surface area contributed by atoms with Gasteiger partial charge in [0, 0.05) is 13.6 Å². The lowest BCUT2D eigenvalue weighted by Crippen LogP contribution is -2.34. The number of hydrogen-bond donors (Lipinski definition) is 1. The minimum absolute atomic E-state index is 0.725. The summed E-state index contributed by atoms with van der Waals surface area (Å²) in [5.41, 5.74) is 1.36. The summed E-state index contributed by atoms with van der Waals surface area (Å²) in [6.07, 6.45) is 3.90. The molecule has 0 heterocycles. The maximum Gasteiger partial charge on any atom is 0.172 e. The van der Waals surface area contributed by atoms with Gasteiger partial charge in [0.2, 0.25) is 0 Å². The quantitative estimate of drug-likeness (QED) is 0.788. The first-order valence-corrected chi connectivity index (χ1v) is 5.83. The van der Waals surface area contributed by atoms with Gasteiger partial charge in [-0.3, -0.25) is 0 Å². The second-order valence-electron chi connectivity index (χ2n) is 3.52. The molecule has 0 aliphatic carbocycles. The number of benzene rings is 1. The highest BCUT2D eigenvalue weighted by Gasteiger charge is 2.02. The molecule has 0 aliphatic heterocycles. The first-order valence-electron chi connectivity index (χ1n) is 5.42. The number of nitrogens with one attached hydrogen (secondary N) is 1. The van der Waals surface area contributed by atoms with Gasteiger partial charge in [-0.1, -0.05) is 36.9 Å². The molecule has 1 rings (SSSR count). The molecular weight excluding hydrogens is 216 g/mol. The predicted octanol–water partition coefficient (Wildman–Crippen LogP) is 2.57. The molecule has 0 spiro atoms. The van der Waals surface area contributed by atoms with Crippen molar-refractivity contribution in [3.05, 3.63) is 48.7 Å². The van der Waals surface area contributed by atoms with E-state index in [9.17, 15) is 0 Å². The molecule has 0 saturated carbocycles. The van der Waals surface area contributed by atoms with E-state index in [0.29, 0.717) is 0 Å². The van der Waals surface area contributed by atoms with Gasteiger partial charge >= 0.3 is 0 Å². The summed E-state index contributed by atoms with van der Waals surface area (Å²) in [5.74, 6) is 0. The van der Waals surface area contributed by atoms with Crippen LogP contribution in [0.1, 0.15) is 12.0 Å². The molecule has 0 saturated heterocycles. The zero-order valence-corrected chi connectivity index (χ0v) is 10.5. The topological polar surface area (TPSA) is 15.3 Å². The van der Waals surface area contributed by atoms with Crippen LogP contribution in [0.2, 0.25) is 0 Å². The average Bonchev–Trinajstić information content (AvgIpc) is 2.35. The van der Waals surface area contributed by atoms with Crippen LogP contribution in [0.25, 0.3) is 0 Å². The Morgan fingerprint density at radius 2 is 2.12 bits per heavy atom. The lowest BCUT2D eigenvalue weighted by atomic mass is 10.1. The third kappa shape index (κ3) is 4.03. The molecule has 16 heavy (non-hydrogen) atoms. The first kappa shape index (κ1) is 12.7. The van der Waals surface area contributed by atoms with Crippen LogP contribution in [0.4, 0.5) is 0 Å². The maximum absolute atomic E-state index is 5.15. The fourth-order valence-electron chi connectivity index (χ4n) is 1.52. The number of nitrogens with zero attached hydrogens (tertiary/aromatic N) is 1. The SMILES string of the molecule is C=CN(CCCc1ccccc1)C(=S)NC. The molecule has 2 nitrogen and oxygen atoms in total. The van der Waals surface area contributed by atoms with Crippen LogP contribution in [-0.2, 0) is 6.42 Å². The molecule has 0 aromatic heterocycles. The molecule has 1 N–H and O–H groups in total. The highest BCUT2D eigenvalue weighted by Crippen LogP contribution is 2.03. The summed E-state index contributed by atoms with van der Waals surface area (Å²) in [6.45, 7) is 4.65. The smallest absolute Gasteiger partial charge is 0.172 e. The Kier molecular flexibility index (Phi) is 5.57. The van der Waals surface area contributed by atoms with Crippen molar-refractivity contribution in [2.45, 2.75) is 12.8 Å². The van der Waals surface area contributed by atoms with E-state index in [1.807, 2.05) is 18.0 Å². The minimum atomic E-state index is 0.725. The monoisotopic (exact) mass is 234 g/mol. The molecule has 86 valence electrons. The molecular formula is C13H18N2S. The van der Waals surface area contributed by atoms with Gasteiger partial charge in [0.15, 0.2) is 5.11 Å². The van der Waals surface area contributed by atoms with Crippen LogP contribution < -0.4 is 5.32 Å². The molecule has 0 amide bonds. The van der Waals surface area contributed by atoms with Crippen LogP contribution in [0.5, 0.6) is 0 Å². The van der Waals surface area contributed by atoms with Crippen molar-refractivity contribution in [2.75, 3.05) is 13.6 Å². The summed E-state index contributed by atoms with van der Waals surface area (Å²) in [6, 6.07) is 10.5. The van der Waals surface area contributed by atoms with Crippen molar-refractivity contribution in [2.24, 2.45) is 0 Å². The molecule has 0 bridgehead atoms. The van der Waals surface area contributed by atoms with E-state index in [1.165, 1.54) is 5.56 Å². The zero-order chi connectivity index (χ0) is 11.8. The second-order valence-corrected chi connectivity index (χ2v) is 3.91. The van der Waals surface area contributed by atoms with Crippen LogP contribution >= 0.6 is 12.2 Å². The van der Waals surface area contributed by atoms with E-state index in [1.54, 1.807) is 6.20 Å². The molecule has 1 aromatic rings. The lowest BCUT2D eigenvalue weighted by molar-refractivity contribution is 0.528. The highest BCUT2D eigenvalue weighted by atomic mass is 32.1. The molecule has 0 radical (unpaired) electrons. The molecule has 3 heteroatoms. The van der Waals surface area contributed by atoms with Crippen LogP contribution in [0.3, 0.4) is 0 Å². The van der Waals surface area contributed by atoms with Gasteiger partial charge < -0.3 is 10.2 Å². The number of thiocarbonyl (C=S) groups is 1. The lowest BCUT2D eigenvalue weighted by Gasteiger charge is -2.19. The van der Waals surface area contributed by atoms with Crippen molar-refractivity contribution in [1.82, 2.24) is 10.2 Å². The summed E-state index contributed by atoms with van der Waals surface area (Å²) < 4.78 is 0. The van der Waals surface area contributed by atoms with Crippen molar-refractivity contribution >= 4 is 17.3 Å². The van der Waals surface area contributed by atoms with Crippen LogP contribution in [0.15, 0.2) is 43.1 Å². The van der Waals surface area contributed by atoms with E-state index in [4.69, 9.17) is 12.2 Å². The maximum atomic E-state index is 5.15. The van der Waals surface area contributed by atoms with Gasteiger partial charge in [0.1, 0.15) is 0 Å². The van der Waals surface area contributed by atoms with Gasteiger partial charge in [-0.2, -0.15) is 0 Å². The Balaban J connectivity index is 2.34. The number of aryl methyl sites for hydroxylation is 1. The van der Waals surface area contributed by atoms with Crippen molar-refractivity contribution in [3.8, 4) is 0 Å². The van der Waals surface area contributed by atoms with E-state index < -0.39 is 0 Å². The Labute approximate surface area is 103 Å². The fourth-order valence-corrected chi connectivity index (χ4v) is 1.68. The van der Waals surface area contributed by atoms with Gasteiger partial charge in [-0.05, 0) is 36.8 Å². The van der Waals surface area contributed by atoms with Crippen LogP contribution in [0, 0.1) is 0 Å². The highest BCUT2D eigenvalue weighted by molar-refractivity contribution is 7.80. The Morgan fingerprint density at radius 3 is 2.69 bits per heavy atom. The fraction of sp³-hybridized carbons (Fsp3) is 0.308. The minimum Gasteiger partial charge on any atom is -0.365 e. The third-order valence-electron chi connectivity index (χ3n) is 2.40. The van der Waals surface area contributed by atoms with Crippen molar-refractivity contribution < 1.29 is 0 Å². The van der Waals surface area contributed by atoms with E-state index >= 15 is 0 Å². The Bertz CT molecular complexity index is 335. The molecule has 0 fully saturated rings. The van der Waals surface area contributed by atoms with E-state index in [-0.39, 0.29) is 0 Å². The Morgan fingerprint density at radius 1 is 1.44 bits per heavy atom. The van der Waals surface area contributed by atoms with E-state index in [2.05, 4.69) is 36.2 Å². The molecule has 0 unspecified atom stereocenters. The third-order valence-corrected chi connectivity index (χ3v) is 2.84. The van der Waals surface area contributed by atoms with Gasteiger partial charge in [0.05, 0.1) is 0 Å². The standard InChI is InChI=1S/C13H18N2S/c1-3-15(13(16)14-2)11-7-10-12-8-5-4-6-9-12/h3-6,8-9H,1,7,10-11H2,2H3,(H,14,16). The molecule has 1 aromatic carbocycles. The van der Waals surface area contributed by atoms with E-state index in [0.717, 1.165) is 24.5 Å². The van der Waals surface area contributed by atoms with Gasteiger partial charge in [0.25, 0.3) is 0 Å². The first-order chi connectivity index (χ1) is 7.77. The summed E-state index contributed by atoms with van der Waals surface area (Å²) in [7, 11) is 1.83. The van der Waals surface area contributed by atoms with Gasteiger partial charge in [-0.15, -0.1) is 0 Å². The van der Waals surface area contributed by atoms with Crippen molar-refractivity contribution in [1.29, 1.82) is 0 Å². The summed E-state index contributed by atoms with van der Waals surface area (Å²) in [5, 5.41) is 3.68. The predicted molar refractivity (Wildman–Crippen MR) is 73.3 cm³/mol. The largest absolute Gasteiger partial charge is 0.365 e. The molecule has 0 atom stereocenters. The normalized spacial score (nSPS) is 9.56. The summed E-state index contributed by atoms with van der Waals surface area (Å²) in [4.78, 5) is 1.96. The number of rotatable bonds is 5.